The SMILES string of the molecule is CCOc1cc(/C=C2\C(=O)NC(=O)N(c3cccc(Cl)c3)C2=O)cc(Cl)c1Cc1cccc(F)c1. The summed E-state index contributed by atoms with van der Waals surface area (Å²) in [5, 5.41) is 2.81. The highest BCUT2D eigenvalue weighted by Gasteiger charge is 2.37. The predicted octanol–water partition coefficient (Wildman–Crippen LogP) is 5.79. The molecule has 3 aromatic rings. The molecule has 1 aliphatic heterocycles. The fourth-order valence-corrected chi connectivity index (χ4v) is 4.17. The molecule has 0 unspecified atom stereocenters. The predicted molar refractivity (Wildman–Crippen MR) is 132 cm³/mol. The molecule has 0 bridgehead atoms. The molecule has 178 valence electrons. The topological polar surface area (TPSA) is 75.7 Å². The van der Waals surface area contributed by atoms with Crippen LogP contribution in [-0.4, -0.2) is 24.5 Å². The minimum Gasteiger partial charge on any atom is -0.494 e. The highest BCUT2D eigenvalue weighted by atomic mass is 35.5. The van der Waals surface area contributed by atoms with E-state index in [2.05, 4.69) is 5.32 Å². The molecule has 9 heteroatoms. The maximum Gasteiger partial charge on any atom is 0.335 e. The van der Waals surface area contributed by atoms with Crippen LogP contribution in [0, 0.1) is 5.82 Å². The molecule has 1 N–H and O–H groups in total. The maximum absolute atomic E-state index is 13.6. The first kappa shape index (κ1) is 24.4. The first-order chi connectivity index (χ1) is 16.8. The first-order valence-electron chi connectivity index (χ1n) is 10.6. The van der Waals surface area contributed by atoms with E-state index in [1.54, 1.807) is 43.3 Å². The summed E-state index contributed by atoms with van der Waals surface area (Å²) in [5.74, 6) is -1.57. The molecule has 4 rings (SSSR count). The number of barbiturate groups is 1. The summed E-state index contributed by atoms with van der Waals surface area (Å²) in [5.41, 5.74) is 1.71. The molecule has 0 radical (unpaired) electrons. The van der Waals surface area contributed by atoms with Crippen molar-refractivity contribution >= 4 is 52.8 Å². The molecular formula is C26H19Cl2FN2O4. The van der Waals surface area contributed by atoms with Crippen molar-refractivity contribution in [3.8, 4) is 5.75 Å². The van der Waals surface area contributed by atoms with Gasteiger partial charge in [-0.2, -0.15) is 0 Å². The third-order valence-corrected chi connectivity index (χ3v) is 5.80. The highest BCUT2D eigenvalue weighted by Crippen LogP contribution is 2.33. The Labute approximate surface area is 210 Å². The molecule has 0 saturated carbocycles. The summed E-state index contributed by atoms with van der Waals surface area (Å²) in [6.07, 6.45) is 1.65. The number of hydrogen-bond acceptors (Lipinski definition) is 4. The third kappa shape index (κ3) is 5.37. The Morgan fingerprint density at radius 3 is 2.51 bits per heavy atom. The van der Waals surface area contributed by atoms with Gasteiger partial charge in [0.05, 0.1) is 12.3 Å². The quantitative estimate of drug-likeness (QED) is 0.335. The fraction of sp³-hybridized carbons (Fsp3) is 0.115. The largest absolute Gasteiger partial charge is 0.494 e. The zero-order chi connectivity index (χ0) is 25.1. The van der Waals surface area contributed by atoms with E-state index in [9.17, 15) is 18.8 Å². The summed E-state index contributed by atoms with van der Waals surface area (Å²) < 4.78 is 19.4. The van der Waals surface area contributed by atoms with Crippen LogP contribution in [0.2, 0.25) is 10.0 Å². The lowest BCUT2D eigenvalue weighted by Crippen LogP contribution is -2.54. The lowest BCUT2D eigenvalue weighted by Gasteiger charge is -2.26. The molecule has 0 aromatic heterocycles. The van der Waals surface area contributed by atoms with Crippen molar-refractivity contribution < 1.29 is 23.5 Å². The van der Waals surface area contributed by atoms with E-state index >= 15 is 0 Å². The van der Waals surface area contributed by atoms with Gasteiger partial charge in [-0.1, -0.05) is 41.4 Å². The Morgan fingerprint density at radius 2 is 1.80 bits per heavy atom. The number of carbonyl (C=O) groups excluding carboxylic acids is 3. The van der Waals surface area contributed by atoms with E-state index in [0.717, 1.165) is 4.90 Å². The second-order valence-electron chi connectivity index (χ2n) is 7.66. The van der Waals surface area contributed by atoms with Crippen molar-refractivity contribution in [1.29, 1.82) is 0 Å². The van der Waals surface area contributed by atoms with Crippen molar-refractivity contribution in [2.24, 2.45) is 0 Å². The second-order valence-corrected chi connectivity index (χ2v) is 8.50. The lowest BCUT2D eigenvalue weighted by molar-refractivity contribution is -0.122. The van der Waals surface area contributed by atoms with Crippen molar-refractivity contribution in [1.82, 2.24) is 5.32 Å². The number of imide groups is 2. The van der Waals surface area contributed by atoms with Crippen LogP contribution in [0.25, 0.3) is 6.08 Å². The zero-order valence-corrected chi connectivity index (χ0v) is 20.0. The zero-order valence-electron chi connectivity index (χ0n) is 18.5. The van der Waals surface area contributed by atoms with E-state index in [1.807, 2.05) is 0 Å². The molecule has 0 spiro atoms. The van der Waals surface area contributed by atoms with Crippen molar-refractivity contribution in [3.05, 3.63) is 98.8 Å². The van der Waals surface area contributed by atoms with E-state index in [4.69, 9.17) is 27.9 Å². The minimum absolute atomic E-state index is 0.219. The van der Waals surface area contributed by atoms with Gasteiger partial charge in [0.25, 0.3) is 11.8 Å². The number of benzene rings is 3. The van der Waals surface area contributed by atoms with Crippen LogP contribution in [0.5, 0.6) is 5.75 Å². The van der Waals surface area contributed by atoms with E-state index in [1.165, 1.54) is 30.3 Å². The number of urea groups is 1. The average molecular weight is 513 g/mol. The molecule has 1 fully saturated rings. The third-order valence-electron chi connectivity index (χ3n) is 5.23. The van der Waals surface area contributed by atoms with Crippen molar-refractivity contribution in [2.45, 2.75) is 13.3 Å². The Balaban J connectivity index is 1.72. The number of halogens is 3. The molecule has 3 aromatic carbocycles. The number of nitrogens with one attached hydrogen (secondary N) is 1. The number of anilines is 1. The van der Waals surface area contributed by atoms with Gasteiger partial charge in [-0.3, -0.25) is 14.9 Å². The summed E-state index contributed by atoms with van der Waals surface area (Å²) in [7, 11) is 0. The Morgan fingerprint density at radius 1 is 1.03 bits per heavy atom. The Kier molecular flexibility index (Phi) is 7.19. The van der Waals surface area contributed by atoms with Gasteiger partial charge in [0, 0.05) is 22.0 Å². The molecule has 0 atom stereocenters. The fourth-order valence-electron chi connectivity index (χ4n) is 3.70. The highest BCUT2D eigenvalue weighted by molar-refractivity contribution is 6.39. The van der Waals surface area contributed by atoms with Crippen LogP contribution in [0.15, 0.2) is 66.2 Å². The number of carbonyl (C=O) groups is 3. The van der Waals surface area contributed by atoms with Crippen LogP contribution >= 0.6 is 23.2 Å². The van der Waals surface area contributed by atoms with Gasteiger partial charge < -0.3 is 4.74 Å². The van der Waals surface area contributed by atoms with Crippen LogP contribution in [-0.2, 0) is 16.0 Å². The van der Waals surface area contributed by atoms with Gasteiger partial charge in [-0.15, -0.1) is 0 Å². The minimum atomic E-state index is -0.877. The smallest absolute Gasteiger partial charge is 0.335 e. The summed E-state index contributed by atoms with van der Waals surface area (Å²) in [6.45, 7) is 2.14. The second kappa shape index (κ2) is 10.3. The lowest BCUT2D eigenvalue weighted by atomic mass is 10.00. The van der Waals surface area contributed by atoms with Gasteiger partial charge in [-0.25, -0.2) is 14.1 Å². The number of hydrogen-bond donors (Lipinski definition) is 1. The van der Waals surface area contributed by atoms with E-state index in [0.29, 0.717) is 45.5 Å². The maximum atomic E-state index is 13.6. The Hall–Kier alpha value is -3.68. The Bertz CT molecular complexity index is 1370. The molecule has 35 heavy (non-hydrogen) atoms. The van der Waals surface area contributed by atoms with Gasteiger partial charge in [-0.05, 0) is 66.6 Å². The molecular weight excluding hydrogens is 494 g/mol. The van der Waals surface area contributed by atoms with E-state index < -0.39 is 17.8 Å². The van der Waals surface area contributed by atoms with Crippen LogP contribution in [0.4, 0.5) is 14.9 Å². The number of rotatable bonds is 6. The number of amides is 4. The molecule has 0 aliphatic carbocycles. The molecule has 1 aliphatic rings. The van der Waals surface area contributed by atoms with Crippen LogP contribution < -0.4 is 15.0 Å². The van der Waals surface area contributed by atoms with Crippen molar-refractivity contribution in [3.63, 3.8) is 0 Å². The average Bonchev–Trinajstić information content (AvgIpc) is 2.79. The summed E-state index contributed by atoms with van der Waals surface area (Å²) >= 11 is 12.5. The van der Waals surface area contributed by atoms with Crippen LogP contribution in [0.3, 0.4) is 0 Å². The summed E-state index contributed by atoms with van der Waals surface area (Å²) in [6, 6.07) is 14.6. The number of ether oxygens (including phenoxy) is 1. The van der Waals surface area contributed by atoms with Crippen molar-refractivity contribution in [2.75, 3.05) is 11.5 Å². The van der Waals surface area contributed by atoms with Gasteiger partial charge in [0.2, 0.25) is 0 Å². The monoisotopic (exact) mass is 512 g/mol. The molecule has 1 saturated heterocycles. The standard InChI is InChI=1S/C26H19Cl2FN2O4/c1-2-35-23-13-16(12-22(28)20(23)10-15-5-3-7-18(29)9-15)11-21-24(32)30-26(34)31(25(21)33)19-8-4-6-17(27)14-19/h3-9,11-14H,2,10H2,1H3,(H,30,32,34)/b21-11+. The van der Waals surface area contributed by atoms with Crippen LogP contribution in [0.1, 0.15) is 23.6 Å². The molecule has 4 amide bonds. The number of nitrogens with zero attached hydrogens (tertiary/aromatic N) is 1. The summed E-state index contributed by atoms with van der Waals surface area (Å²) in [4.78, 5) is 38.9. The first-order valence-corrected chi connectivity index (χ1v) is 11.4. The van der Waals surface area contributed by atoms with Gasteiger partial charge >= 0.3 is 6.03 Å². The molecule has 6 nitrogen and oxygen atoms in total. The van der Waals surface area contributed by atoms with Gasteiger partial charge in [0.15, 0.2) is 0 Å². The molecule has 1 heterocycles. The normalized spacial score (nSPS) is 14.9. The van der Waals surface area contributed by atoms with E-state index in [-0.39, 0.29) is 17.1 Å². The van der Waals surface area contributed by atoms with Gasteiger partial charge in [0.1, 0.15) is 17.1 Å².